The fourth-order valence-corrected chi connectivity index (χ4v) is 2.56. The van der Waals surface area contributed by atoms with Crippen molar-refractivity contribution in [1.29, 1.82) is 0 Å². The molecule has 0 radical (unpaired) electrons. The number of anilines is 1. The SMILES string of the molecule is Cc1cc(NC(=O)c2ccn(C)c2C(F)(F)C(=O)NC(C)(C)CO)ccc1F. The summed E-state index contributed by atoms with van der Waals surface area (Å²) in [7, 11) is 1.28. The number of amides is 2. The van der Waals surface area contributed by atoms with Gasteiger partial charge in [-0.2, -0.15) is 8.78 Å². The number of hydrogen-bond donors (Lipinski definition) is 3. The van der Waals surface area contributed by atoms with E-state index in [4.69, 9.17) is 0 Å². The molecule has 152 valence electrons. The number of nitrogens with zero attached hydrogens (tertiary/aromatic N) is 1. The lowest BCUT2D eigenvalue weighted by Crippen LogP contribution is -2.52. The minimum atomic E-state index is -4.03. The van der Waals surface area contributed by atoms with Crippen LogP contribution in [0.1, 0.15) is 35.5 Å². The van der Waals surface area contributed by atoms with E-state index in [0.29, 0.717) is 0 Å². The Kier molecular flexibility index (Phi) is 5.88. The topological polar surface area (TPSA) is 83.4 Å². The number of alkyl halides is 2. The smallest absolute Gasteiger partial charge is 0.364 e. The molecule has 9 heteroatoms. The molecule has 0 fully saturated rings. The number of aromatic nitrogens is 1. The third kappa shape index (κ3) is 4.36. The first-order chi connectivity index (χ1) is 12.9. The van der Waals surface area contributed by atoms with Crippen LogP contribution in [0.15, 0.2) is 30.5 Å². The molecule has 0 saturated heterocycles. The Hall–Kier alpha value is -2.81. The molecule has 0 unspecified atom stereocenters. The van der Waals surface area contributed by atoms with Crippen LogP contribution in [0.3, 0.4) is 0 Å². The fraction of sp³-hybridized carbons (Fsp3) is 0.368. The summed E-state index contributed by atoms with van der Waals surface area (Å²) in [6, 6.07) is 4.98. The van der Waals surface area contributed by atoms with Crippen LogP contribution in [0.25, 0.3) is 0 Å². The maximum atomic E-state index is 14.8. The molecule has 2 amide bonds. The molecular weight excluding hydrogens is 375 g/mol. The minimum Gasteiger partial charge on any atom is -0.394 e. The van der Waals surface area contributed by atoms with E-state index in [-0.39, 0.29) is 11.3 Å². The number of aliphatic hydroxyl groups is 1. The van der Waals surface area contributed by atoms with Gasteiger partial charge >= 0.3 is 5.92 Å². The summed E-state index contributed by atoms with van der Waals surface area (Å²) >= 11 is 0. The van der Waals surface area contributed by atoms with Gasteiger partial charge in [-0.1, -0.05) is 0 Å². The van der Waals surface area contributed by atoms with Gasteiger partial charge in [0.05, 0.1) is 17.7 Å². The Morgan fingerprint density at radius 3 is 2.43 bits per heavy atom. The maximum absolute atomic E-state index is 14.8. The molecular formula is C19H22F3N3O3. The average Bonchev–Trinajstić information content (AvgIpc) is 3.00. The Labute approximate surface area is 160 Å². The lowest BCUT2D eigenvalue weighted by Gasteiger charge is -2.27. The summed E-state index contributed by atoms with van der Waals surface area (Å²) < 4.78 is 44.0. The van der Waals surface area contributed by atoms with Crippen molar-refractivity contribution >= 4 is 17.5 Å². The lowest BCUT2D eigenvalue weighted by atomic mass is 10.0. The summed E-state index contributed by atoms with van der Waals surface area (Å²) in [4.78, 5) is 24.7. The van der Waals surface area contributed by atoms with Gasteiger partial charge in [0.2, 0.25) is 0 Å². The summed E-state index contributed by atoms with van der Waals surface area (Å²) in [5.41, 5.74) is -1.95. The predicted molar refractivity (Wildman–Crippen MR) is 97.7 cm³/mol. The predicted octanol–water partition coefficient (Wildman–Crippen LogP) is 2.70. The molecule has 0 atom stereocenters. The van der Waals surface area contributed by atoms with Crippen molar-refractivity contribution in [2.45, 2.75) is 32.2 Å². The van der Waals surface area contributed by atoms with Crippen LogP contribution in [0, 0.1) is 12.7 Å². The normalized spacial score (nSPS) is 12.0. The van der Waals surface area contributed by atoms with E-state index >= 15 is 0 Å². The van der Waals surface area contributed by atoms with E-state index in [9.17, 15) is 27.9 Å². The van der Waals surface area contributed by atoms with E-state index in [0.717, 1.165) is 10.6 Å². The van der Waals surface area contributed by atoms with Crippen molar-refractivity contribution in [3.63, 3.8) is 0 Å². The number of aliphatic hydroxyl groups excluding tert-OH is 1. The van der Waals surface area contributed by atoms with E-state index in [2.05, 4.69) is 10.6 Å². The first-order valence-corrected chi connectivity index (χ1v) is 8.43. The molecule has 0 aliphatic carbocycles. The van der Waals surface area contributed by atoms with Gasteiger partial charge in [0, 0.05) is 18.9 Å². The first-order valence-electron chi connectivity index (χ1n) is 8.43. The molecule has 6 nitrogen and oxygen atoms in total. The highest BCUT2D eigenvalue weighted by Crippen LogP contribution is 2.32. The zero-order valence-electron chi connectivity index (χ0n) is 15.9. The van der Waals surface area contributed by atoms with E-state index in [1.54, 1.807) is 0 Å². The third-order valence-electron chi connectivity index (χ3n) is 4.16. The van der Waals surface area contributed by atoms with Crippen LogP contribution in [-0.2, 0) is 17.8 Å². The first kappa shape index (κ1) is 21.5. The molecule has 2 rings (SSSR count). The second-order valence-corrected chi connectivity index (χ2v) is 7.18. The van der Waals surface area contributed by atoms with Crippen LogP contribution < -0.4 is 10.6 Å². The van der Waals surface area contributed by atoms with Crippen molar-refractivity contribution in [2.75, 3.05) is 11.9 Å². The average molecular weight is 397 g/mol. The molecule has 0 bridgehead atoms. The standard InChI is InChI=1S/C19H22F3N3O3/c1-11-9-12(5-6-14(11)20)23-16(27)13-7-8-25(4)15(13)19(21,22)17(28)24-18(2,3)10-26/h5-9,26H,10H2,1-4H3,(H,23,27)(H,24,28). The van der Waals surface area contributed by atoms with Gasteiger partial charge in [0.25, 0.3) is 11.8 Å². The zero-order chi connectivity index (χ0) is 21.3. The molecule has 1 aromatic carbocycles. The molecule has 0 aliphatic rings. The Balaban J connectivity index is 2.34. The summed E-state index contributed by atoms with van der Waals surface area (Å²) in [6.45, 7) is 3.73. The molecule has 2 aromatic rings. The lowest BCUT2D eigenvalue weighted by molar-refractivity contribution is -0.150. The third-order valence-corrected chi connectivity index (χ3v) is 4.16. The van der Waals surface area contributed by atoms with Gasteiger partial charge in [-0.05, 0) is 50.6 Å². The van der Waals surface area contributed by atoms with E-state index < -0.39 is 47.0 Å². The molecule has 0 saturated carbocycles. The number of halogens is 3. The van der Waals surface area contributed by atoms with Gasteiger partial charge in [0.15, 0.2) is 0 Å². The zero-order valence-corrected chi connectivity index (χ0v) is 15.9. The van der Waals surface area contributed by atoms with Crippen LogP contribution in [0.5, 0.6) is 0 Å². The molecule has 28 heavy (non-hydrogen) atoms. The highest BCUT2D eigenvalue weighted by molar-refractivity contribution is 6.06. The number of carbonyl (C=O) groups excluding carboxylic acids is 2. The molecule has 3 N–H and O–H groups in total. The fourth-order valence-electron chi connectivity index (χ4n) is 2.56. The van der Waals surface area contributed by atoms with Gasteiger partial charge in [-0.15, -0.1) is 0 Å². The Bertz CT molecular complexity index is 907. The summed E-state index contributed by atoms with van der Waals surface area (Å²) in [6.07, 6.45) is 1.23. The number of hydrogen-bond acceptors (Lipinski definition) is 3. The summed E-state index contributed by atoms with van der Waals surface area (Å²) in [5.74, 6) is -7.00. The number of nitrogens with one attached hydrogen (secondary N) is 2. The van der Waals surface area contributed by atoms with E-state index in [1.807, 2.05) is 0 Å². The van der Waals surface area contributed by atoms with Crippen LogP contribution in [0.2, 0.25) is 0 Å². The van der Waals surface area contributed by atoms with Crippen LogP contribution >= 0.6 is 0 Å². The minimum absolute atomic E-state index is 0.230. The number of carbonyl (C=O) groups is 2. The monoisotopic (exact) mass is 397 g/mol. The highest BCUT2D eigenvalue weighted by Gasteiger charge is 2.47. The van der Waals surface area contributed by atoms with E-state index in [1.165, 1.54) is 52.2 Å². The molecule has 1 aromatic heterocycles. The van der Waals surface area contributed by atoms with Crippen molar-refractivity contribution in [3.05, 3.63) is 53.1 Å². The quantitative estimate of drug-likeness (QED) is 0.701. The molecule has 0 aliphatic heterocycles. The number of aryl methyl sites for hydroxylation is 2. The van der Waals surface area contributed by atoms with Crippen LogP contribution in [0.4, 0.5) is 18.9 Å². The van der Waals surface area contributed by atoms with Crippen molar-refractivity contribution in [2.24, 2.45) is 7.05 Å². The number of rotatable bonds is 6. The second-order valence-electron chi connectivity index (χ2n) is 7.18. The van der Waals surface area contributed by atoms with Crippen molar-refractivity contribution < 1.29 is 27.9 Å². The molecule has 1 heterocycles. The van der Waals surface area contributed by atoms with Crippen molar-refractivity contribution in [3.8, 4) is 0 Å². The maximum Gasteiger partial charge on any atom is 0.364 e. The van der Waals surface area contributed by atoms with Gasteiger partial charge in [-0.25, -0.2) is 4.39 Å². The van der Waals surface area contributed by atoms with Crippen molar-refractivity contribution in [1.82, 2.24) is 9.88 Å². The largest absolute Gasteiger partial charge is 0.394 e. The molecule has 0 spiro atoms. The number of benzene rings is 1. The van der Waals surface area contributed by atoms with Gasteiger partial charge < -0.3 is 20.3 Å². The Morgan fingerprint density at radius 2 is 1.86 bits per heavy atom. The highest BCUT2D eigenvalue weighted by atomic mass is 19.3. The van der Waals surface area contributed by atoms with Gasteiger partial charge in [-0.3, -0.25) is 9.59 Å². The van der Waals surface area contributed by atoms with Crippen LogP contribution in [-0.4, -0.2) is 33.6 Å². The van der Waals surface area contributed by atoms with Gasteiger partial charge in [0.1, 0.15) is 11.5 Å². The summed E-state index contributed by atoms with van der Waals surface area (Å²) in [5, 5.41) is 13.7. The Morgan fingerprint density at radius 1 is 1.21 bits per heavy atom. The second kappa shape index (κ2) is 7.67.